The van der Waals surface area contributed by atoms with Gasteiger partial charge < -0.3 is 10.4 Å². The number of piperidine rings is 1. The first-order valence-electron chi connectivity index (χ1n) is 12.4. The Morgan fingerprint density at radius 1 is 1.15 bits per heavy atom. The van der Waals surface area contributed by atoms with Gasteiger partial charge in [0.05, 0.1) is 5.75 Å². The molecule has 1 spiro atoms. The number of carbonyl (C=O) groups excluding carboxylic acids is 1. The summed E-state index contributed by atoms with van der Waals surface area (Å²) in [4.78, 5) is 17.7. The first-order valence-corrected chi connectivity index (χ1v) is 14.0. The van der Waals surface area contributed by atoms with Crippen molar-refractivity contribution in [2.24, 2.45) is 10.9 Å². The number of nitrogens with zero attached hydrogens (tertiary/aromatic N) is 2. The number of aliphatic imine (C=N–C) groups is 1. The fourth-order valence-corrected chi connectivity index (χ4v) is 6.86. The molecule has 0 radical (unpaired) electrons. The summed E-state index contributed by atoms with van der Waals surface area (Å²) < 4.78 is 27.7. The van der Waals surface area contributed by atoms with E-state index in [9.17, 15) is 13.2 Å². The SMILES string of the molecule is Cc1ccc(CCCO)cc1CCS(=O)(=O)N1CCC2(CC1)N=C(C1CCCCC1)NC2=O. The summed E-state index contributed by atoms with van der Waals surface area (Å²) in [5.41, 5.74) is 2.47. The van der Waals surface area contributed by atoms with Gasteiger partial charge in [-0.1, -0.05) is 37.5 Å². The van der Waals surface area contributed by atoms with Gasteiger partial charge in [0.25, 0.3) is 5.91 Å². The van der Waals surface area contributed by atoms with E-state index in [1.54, 1.807) is 4.31 Å². The Balaban J connectivity index is 1.36. The average molecular weight is 476 g/mol. The highest BCUT2D eigenvalue weighted by molar-refractivity contribution is 7.89. The molecule has 1 aliphatic carbocycles. The van der Waals surface area contributed by atoms with Crippen molar-refractivity contribution in [3.63, 3.8) is 0 Å². The summed E-state index contributed by atoms with van der Waals surface area (Å²) in [6.45, 7) is 2.83. The van der Waals surface area contributed by atoms with Gasteiger partial charge in [0, 0.05) is 25.6 Å². The Morgan fingerprint density at radius 3 is 2.58 bits per heavy atom. The molecule has 7 nitrogen and oxygen atoms in total. The van der Waals surface area contributed by atoms with Crippen molar-refractivity contribution >= 4 is 21.8 Å². The number of aliphatic hydroxyl groups is 1. The molecule has 1 saturated heterocycles. The van der Waals surface area contributed by atoms with Crippen molar-refractivity contribution in [1.82, 2.24) is 9.62 Å². The number of amidine groups is 1. The quantitative estimate of drug-likeness (QED) is 0.604. The van der Waals surface area contributed by atoms with Crippen LogP contribution in [0, 0.1) is 12.8 Å². The van der Waals surface area contributed by atoms with Crippen LogP contribution in [0.15, 0.2) is 23.2 Å². The standard InChI is InChI=1S/C25H37N3O4S/c1-19-9-10-20(6-5-16-29)18-22(19)11-17-33(31,32)28-14-12-25(13-15-28)24(30)26-23(27-25)21-7-3-2-4-8-21/h9-10,18,21,29H,2-8,11-17H2,1H3,(H,26,27,30). The number of amides is 1. The molecule has 3 aliphatic rings. The zero-order valence-electron chi connectivity index (χ0n) is 19.7. The topological polar surface area (TPSA) is 99.1 Å². The van der Waals surface area contributed by atoms with E-state index < -0.39 is 15.6 Å². The van der Waals surface area contributed by atoms with E-state index in [1.807, 2.05) is 19.1 Å². The molecule has 0 atom stereocenters. The Labute approximate surface area is 197 Å². The predicted molar refractivity (Wildman–Crippen MR) is 130 cm³/mol. The van der Waals surface area contributed by atoms with Gasteiger partial charge in [-0.3, -0.25) is 9.79 Å². The van der Waals surface area contributed by atoms with Crippen LogP contribution in [0.4, 0.5) is 0 Å². The van der Waals surface area contributed by atoms with Crippen LogP contribution in [-0.2, 0) is 27.7 Å². The molecule has 2 N–H and O–H groups in total. The number of benzene rings is 1. The minimum Gasteiger partial charge on any atom is -0.396 e. The lowest BCUT2D eigenvalue weighted by molar-refractivity contribution is -0.125. The maximum Gasteiger partial charge on any atom is 0.253 e. The van der Waals surface area contributed by atoms with E-state index in [4.69, 9.17) is 10.1 Å². The molecule has 4 rings (SSSR count). The molecule has 1 saturated carbocycles. The minimum atomic E-state index is -3.41. The van der Waals surface area contributed by atoms with Crippen LogP contribution in [0.25, 0.3) is 0 Å². The van der Waals surface area contributed by atoms with Crippen LogP contribution in [0.3, 0.4) is 0 Å². The number of nitrogens with one attached hydrogen (secondary N) is 1. The van der Waals surface area contributed by atoms with Crippen molar-refractivity contribution in [1.29, 1.82) is 0 Å². The van der Waals surface area contributed by atoms with Crippen LogP contribution in [-0.4, -0.2) is 60.6 Å². The van der Waals surface area contributed by atoms with Crippen LogP contribution < -0.4 is 5.32 Å². The lowest BCUT2D eigenvalue weighted by Gasteiger charge is -2.34. The lowest BCUT2D eigenvalue weighted by atomic mass is 9.88. The second kappa shape index (κ2) is 10.2. The maximum atomic E-state index is 13.1. The minimum absolute atomic E-state index is 0.0459. The predicted octanol–water partition coefficient (Wildman–Crippen LogP) is 2.74. The van der Waals surface area contributed by atoms with Crippen molar-refractivity contribution in [3.05, 3.63) is 34.9 Å². The van der Waals surface area contributed by atoms with Gasteiger partial charge in [0.1, 0.15) is 11.4 Å². The van der Waals surface area contributed by atoms with E-state index >= 15 is 0 Å². The molecule has 182 valence electrons. The Morgan fingerprint density at radius 2 is 1.88 bits per heavy atom. The van der Waals surface area contributed by atoms with Crippen molar-refractivity contribution in [3.8, 4) is 0 Å². The molecule has 0 aromatic heterocycles. The fraction of sp³-hybridized carbons (Fsp3) is 0.680. The first-order chi connectivity index (χ1) is 15.8. The van der Waals surface area contributed by atoms with Crippen molar-refractivity contribution in [2.45, 2.75) is 76.7 Å². The maximum absolute atomic E-state index is 13.1. The second-order valence-corrected chi connectivity index (χ2v) is 12.0. The van der Waals surface area contributed by atoms with Crippen LogP contribution >= 0.6 is 0 Å². The van der Waals surface area contributed by atoms with E-state index in [2.05, 4.69) is 11.4 Å². The van der Waals surface area contributed by atoms with Crippen LogP contribution in [0.2, 0.25) is 0 Å². The van der Waals surface area contributed by atoms with E-state index in [-0.39, 0.29) is 18.3 Å². The van der Waals surface area contributed by atoms with Crippen LogP contribution in [0.1, 0.15) is 68.1 Å². The summed E-state index contributed by atoms with van der Waals surface area (Å²) in [5, 5.41) is 12.1. The Hall–Kier alpha value is -1.77. The third-order valence-corrected chi connectivity index (χ3v) is 9.47. The summed E-state index contributed by atoms with van der Waals surface area (Å²) in [5.74, 6) is 1.20. The van der Waals surface area contributed by atoms with Gasteiger partial charge in [-0.05, 0) is 68.6 Å². The number of sulfonamides is 1. The highest BCUT2D eigenvalue weighted by Crippen LogP contribution is 2.34. The second-order valence-electron chi connectivity index (χ2n) is 9.87. The number of rotatable bonds is 8. The molecule has 2 fully saturated rings. The third kappa shape index (κ3) is 5.49. The highest BCUT2D eigenvalue weighted by atomic mass is 32.2. The van der Waals surface area contributed by atoms with Gasteiger partial charge in [-0.2, -0.15) is 0 Å². The Kier molecular flexibility index (Phi) is 7.56. The monoisotopic (exact) mass is 475 g/mol. The zero-order valence-corrected chi connectivity index (χ0v) is 20.5. The van der Waals surface area contributed by atoms with Crippen LogP contribution in [0.5, 0.6) is 0 Å². The van der Waals surface area contributed by atoms with E-state index in [0.717, 1.165) is 41.8 Å². The summed E-state index contributed by atoms with van der Waals surface area (Å²) >= 11 is 0. The molecule has 2 aliphatic heterocycles. The molecular weight excluding hydrogens is 438 g/mol. The van der Waals surface area contributed by atoms with Gasteiger partial charge in [0.15, 0.2) is 0 Å². The average Bonchev–Trinajstić information content (AvgIpc) is 3.14. The lowest BCUT2D eigenvalue weighted by Crippen LogP contribution is -2.51. The number of hydrogen-bond donors (Lipinski definition) is 2. The summed E-state index contributed by atoms with van der Waals surface area (Å²) in [6, 6.07) is 6.14. The van der Waals surface area contributed by atoms with Crippen molar-refractivity contribution < 1.29 is 18.3 Å². The van der Waals surface area contributed by atoms with Gasteiger partial charge in [0.2, 0.25) is 10.0 Å². The number of aryl methyl sites for hydroxylation is 3. The first kappa shape index (κ1) is 24.4. The normalized spacial score (nSPS) is 21.9. The molecule has 0 unspecified atom stereocenters. The molecular formula is C25H37N3O4S. The number of carbonyl (C=O) groups is 1. The Bertz CT molecular complexity index is 991. The molecule has 8 heteroatoms. The van der Waals surface area contributed by atoms with E-state index in [0.29, 0.717) is 44.7 Å². The fourth-order valence-electron chi connectivity index (χ4n) is 5.39. The molecule has 1 aromatic carbocycles. The van der Waals surface area contributed by atoms with Gasteiger partial charge in [-0.25, -0.2) is 12.7 Å². The zero-order chi connectivity index (χ0) is 23.5. The highest BCUT2D eigenvalue weighted by Gasteiger charge is 2.48. The molecule has 2 heterocycles. The number of aliphatic hydroxyl groups excluding tert-OH is 1. The smallest absolute Gasteiger partial charge is 0.253 e. The summed E-state index contributed by atoms with van der Waals surface area (Å²) in [6.07, 6.45) is 8.63. The molecule has 33 heavy (non-hydrogen) atoms. The molecule has 1 aromatic rings. The van der Waals surface area contributed by atoms with E-state index in [1.165, 1.54) is 19.3 Å². The molecule has 1 amide bonds. The largest absolute Gasteiger partial charge is 0.396 e. The third-order valence-electron chi connectivity index (χ3n) is 7.60. The van der Waals surface area contributed by atoms with Crippen molar-refractivity contribution in [2.75, 3.05) is 25.4 Å². The van der Waals surface area contributed by atoms with Gasteiger partial charge in [-0.15, -0.1) is 0 Å². The number of hydrogen-bond acceptors (Lipinski definition) is 5. The summed E-state index contributed by atoms with van der Waals surface area (Å²) in [7, 11) is -3.41. The molecule has 0 bridgehead atoms. The van der Waals surface area contributed by atoms with Gasteiger partial charge >= 0.3 is 0 Å².